The van der Waals surface area contributed by atoms with Crippen LogP contribution in [0.2, 0.25) is 0 Å². The van der Waals surface area contributed by atoms with Gasteiger partial charge in [0.2, 0.25) is 5.91 Å². The number of ether oxygens (including phenoxy) is 1. The van der Waals surface area contributed by atoms with Crippen LogP contribution in [0.3, 0.4) is 0 Å². The number of amides is 1. The molecule has 0 aliphatic heterocycles. The Kier molecular flexibility index (Phi) is 5.93. The number of nitrogens with one attached hydrogen (secondary N) is 1. The van der Waals surface area contributed by atoms with Gasteiger partial charge in [0, 0.05) is 7.05 Å². The molecule has 0 radical (unpaired) electrons. The molecule has 20 heavy (non-hydrogen) atoms. The fraction of sp³-hybridized carbons (Fsp3) is 0.417. The van der Waals surface area contributed by atoms with E-state index in [0.29, 0.717) is 12.2 Å². The van der Waals surface area contributed by atoms with Crippen LogP contribution in [0, 0.1) is 0 Å². The average Bonchev–Trinajstić information content (AvgIpc) is 2.38. The first kappa shape index (κ1) is 16.4. The lowest BCUT2D eigenvalue weighted by molar-refractivity contribution is -0.121. The van der Waals surface area contributed by atoms with Crippen molar-refractivity contribution in [3.8, 4) is 5.75 Å². The number of carbonyl (C=O) groups is 1. The van der Waals surface area contributed by atoms with Gasteiger partial charge in [-0.3, -0.25) is 9.35 Å². The lowest BCUT2D eigenvalue weighted by atomic mass is 10.1. The molecule has 1 rings (SSSR count). The number of benzene rings is 1. The van der Waals surface area contributed by atoms with Gasteiger partial charge in [0.25, 0.3) is 10.1 Å². The van der Waals surface area contributed by atoms with Crippen molar-refractivity contribution in [2.45, 2.75) is 12.5 Å². The highest BCUT2D eigenvalue weighted by atomic mass is 32.2. The Morgan fingerprint density at radius 1 is 1.40 bits per heavy atom. The second kappa shape index (κ2) is 7.22. The number of hydrogen-bond donors (Lipinski definition) is 3. The number of likely N-dealkylation sites (N-methyl/N-ethyl adjacent to an activating group) is 1. The third kappa shape index (κ3) is 6.00. The molecule has 1 aromatic rings. The van der Waals surface area contributed by atoms with Gasteiger partial charge in [-0.1, -0.05) is 12.1 Å². The Balaban J connectivity index is 2.50. The number of rotatable bonds is 7. The van der Waals surface area contributed by atoms with Crippen LogP contribution in [0.15, 0.2) is 24.3 Å². The topological polar surface area (TPSA) is 119 Å². The maximum Gasteiger partial charge on any atom is 0.268 e. The Morgan fingerprint density at radius 3 is 2.50 bits per heavy atom. The minimum Gasteiger partial charge on any atom is -0.492 e. The summed E-state index contributed by atoms with van der Waals surface area (Å²) >= 11 is 0. The van der Waals surface area contributed by atoms with E-state index in [-0.39, 0.29) is 12.5 Å². The van der Waals surface area contributed by atoms with Gasteiger partial charge in [-0.2, -0.15) is 8.42 Å². The molecule has 0 aliphatic rings. The van der Waals surface area contributed by atoms with Crippen molar-refractivity contribution in [1.82, 2.24) is 5.32 Å². The van der Waals surface area contributed by atoms with E-state index in [1.165, 1.54) is 7.05 Å². The Bertz CT molecular complexity index is 541. The molecule has 0 heterocycles. The Hall–Kier alpha value is -1.64. The van der Waals surface area contributed by atoms with Crippen LogP contribution in [0.5, 0.6) is 5.75 Å². The summed E-state index contributed by atoms with van der Waals surface area (Å²) in [5.41, 5.74) is 6.55. The minimum atomic E-state index is -4.02. The van der Waals surface area contributed by atoms with Crippen molar-refractivity contribution in [2.75, 3.05) is 19.4 Å². The van der Waals surface area contributed by atoms with E-state index in [1.807, 2.05) is 0 Å². The van der Waals surface area contributed by atoms with Crippen LogP contribution >= 0.6 is 0 Å². The molecule has 0 aliphatic carbocycles. The normalized spacial score (nSPS) is 12.8. The summed E-state index contributed by atoms with van der Waals surface area (Å²) < 4.78 is 34.7. The van der Waals surface area contributed by atoms with Gasteiger partial charge < -0.3 is 15.8 Å². The average molecular weight is 302 g/mol. The minimum absolute atomic E-state index is 0.129. The lowest BCUT2D eigenvalue weighted by Gasteiger charge is -2.10. The van der Waals surface area contributed by atoms with Gasteiger partial charge >= 0.3 is 0 Å². The quantitative estimate of drug-likeness (QED) is 0.588. The second-order valence-electron chi connectivity index (χ2n) is 4.20. The molecule has 8 heteroatoms. The Morgan fingerprint density at radius 2 is 2.00 bits per heavy atom. The van der Waals surface area contributed by atoms with Crippen LogP contribution in [-0.2, 0) is 21.3 Å². The van der Waals surface area contributed by atoms with Crippen molar-refractivity contribution in [1.29, 1.82) is 0 Å². The molecule has 1 atom stereocenters. The maximum atomic E-state index is 11.3. The summed E-state index contributed by atoms with van der Waals surface area (Å²) in [6.07, 6.45) is 0.394. The van der Waals surface area contributed by atoms with E-state index in [4.69, 9.17) is 15.0 Å². The Labute approximate surface area is 117 Å². The number of carbonyl (C=O) groups excluding carboxylic acids is 1. The molecule has 1 amide bonds. The molecule has 112 valence electrons. The van der Waals surface area contributed by atoms with E-state index in [1.54, 1.807) is 24.3 Å². The van der Waals surface area contributed by atoms with Crippen LogP contribution in [-0.4, -0.2) is 44.3 Å². The molecule has 0 saturated heterocycles. The van der Waals surface area contributed by atoms with Gasteiger partial charge in [0.15, 0.2) is 0 Å². The highest BCUT2D eigenvalue weighted by molar-refractivity contribution is 7.85. The molecule has 4 N–H and O–H groups in total. The van der Waals surface area contributed by atoms with Crippen molar-refractivity contribution in [3.63, 3.8) is 0 Å². The van der Waals surface area contributed by atoms with Crippen molar-refractivity contribution >= 4 is 16.0 Å². The largest absolute Gasteiger partial charge is 0.492 e. The summed E-state index contributed by atoms with van der Waals surface area (Å²) in [7, 11) is -2.49. The van der Waals surface area contributed by atoms with Gasteiger partial charge in [-0.25, -0.2) is 0 Å². The molecule has 0 unspecified atom stereocenters. The predicted molar refractivity (Wildman–Crippen MR) is 74.1 cm³/mol. The van der Waals surface area contributed by atoms with Gasteiger partial charge in [-0.15, -0.1) is 0 Å². The summed E-state index contributed by atoms with van der Waals surface area (Å²) in [5, 5.41) is 2.47. The SMILES string of the molecule is CNC(=O)[C@@H](N)Cc1ccc(OCCS(=O)(=O)O)cc1. The van der Waals surface area contributed by atoms with Crippen LogP contribution in [0.4, 0.5) is 0 Å². The number of hydrogen-bond acceptors (Lipinski definition) is 5. The van der Waals surface area contributed by atoms with Crippen molar-refractivity contribution in [3.05, 3.63) is 29.8 Å². The number of nitrogens with two attached hydrogens (primary N) is 1. The van der Waals surface area contributed by atoms with Crippen LogP contribution in [0.25, 0.3) is 0 Å². The lowest BCUT2D eigenvalue weighted by Crippen LogP contribution is -2.40. The first-order valence-corrected chi connectivity index (χ1v) is 7.57. The summed E-state index contributed by atoms with van der Waals surface area (Å²) in [6.45, 7) is -0.129. The van der Waals surface area contributed by atoms with Crippen LogP contribution < -0.4 is 15.8 Å². The molecular formula is C12H18N2O5S. The molecule has 0 aromatic heterocycles. The smallest absolute Gasteiger partial charge is 0.268 e. The molecule has 0 saturated carbocycles. The van der Waals surface area contributed by atoms with Crippen LogP contribution in [0.1, 0.15) is 5.56 Å². The molecule has 0 bridgehead atoms. The zero-order valence-corrected chi connectivity index (χ0v) is 11.9. The summed E-state index contributed by atoms with van der Waals surface area (Å²) in [4.78, 5) is 11.3. The molecule has 0 spiro atoms. The highest BCUT2D eigenvalue weighted by Crippen LogP contribution is 2.13. The standard InChI is InChI=1S/C12H18N2O5S/c1-14-12(15)11(13)8-9-2-4-10(5-3-9)19-6-7-20(16,17)18/h2-5,11H,6-8,13H2,1H3,(H,14,15)(H,16,17,18)/t11-/m0/s1. The first-order valence-electron chi connectivity index (χ1n) is 5.96. The van der Waals surface area contributed by atoms with E-state index in [0.717, 1.165) is 5.56 Å². The van der Waals surface area contributed by atoms with E-state index < -0.39 is 21.9 Å². The third-order valence-electron chi connectivity index (χ3n) is 2.57. The fourth-order valence-electron chi connectivity index (χ4n) is 1.52. The van der Waals surface area contributed by atoms with Crippen molar-refractivity contribution < 1.29 is 22.5 Å². The molecule has 7 nitrogen and oxygen atoms in total. The second-order valence-corrected chi connectivity index (χ2v) is 5.78. The summed E-state index contributed by atoms with van der Waals surface area (Å²) in [5.74, 6) is -0.222. The third-order valence-corrected chi connectivity index (χ3v) is 3.25. The monoisotopic (exact) mass is 302 g/mol. The summed E-state index contributed by atoms with van der Waals surface area (Å²) in [6, 6.07) is 6.16. The van der Waals surface area contributed by atoms with E-state index >= 15 is 0 Å². The zero-order valence-electron chi connectivity index (χ0n) is 11.1. The zero-order chi connectivity index (χ0) is 15.2. The van der Waals surface area contributed by atoms with Crippen molar-refractivity contribution in [2.24, 2.45) is 5.73 Å². The van der Waals surface area contributed by atoms with E-state index in [2.05, 4.69) is 5.32 Å². The van der Waals surface area contributed by atoms with Gasteiger partial charge in [0.1, 0.15) is 18.1 Å². The van der Waals surface area contributed by atoms with E-state index in [9.17, 15) is 13.2 Å². The fourth-order valence-corrected chi connectivity index (χ4v) is 1.81. The maximum absolute atomic E-state index is 11.3. The molecule has 1 aromatic carbocycles. The predicted octanol–water partition coefficient (Wildman–Crippen LogP) is -0.431. The highest BCUT2D eigenvalue weighted by Gasteiger charge is 2.12. The van der Waals surface area contributed by atoms with Gasteiger partial charge in [-0.05, 0) is 24.1 Å². The van der Waals surface area contributed by atoms with Gasteiger partial charge in [0.05, 0.1) is 6.04 Å². The molecule has 0 fully saturated rings. The molecular weight excluding hydrogens is 284 g/mol. The first-order chi connectivity index (χ1) is 9.31.